The Bertz CT molecular complexity index is 492. The van der Waals surface area contributed by atoms with Crippen LogP contribution >= 0.6 is 0 Å². The average molecular weight is 265 g/mol. The summed E-state index contributed by atoms with van der Waals surface area (Å²) in [4.78, 5) is 2.05. The topological polar surface area (TPSA) is 39.1 Å². The number of benzene rings is 1. The molecule has 0 saturated carbocycles. The first-order valence-corrected chi connectivity index (χ1v) is 6.36. The standard InChI is InChI=1S/C14H17F2N3/c1-14(10-17,19-6-4-18-5-7-19)9-11-2-3-12(15)8-13(11)16/h2-3,8,18H,4-7,9H2,1H3. The summed E-state index contributed by atoms with van der Waals surface area (Å²) in [7, 11) is 0. The van der Waals surface area contributed by atoms with E-state index >= 15 is 0 Å². The van der Waals surface area contributed by atoms with Gasteiger partial charge in [0, 0.05) is 38.7 Å². The molecule has 0 bridgehead atoms. The Labute approximate surface area is 111 Å². The second-order valence-electron chi connectivity index (χ2n) is 5.04. The first-order chi connectivity index (χ1) is 9.05. The summed E-state index contributed by atoms with van der Waals surface area (Å²) < 4.78 is 26.6. The van der Waals surface area contributed by atoms with E-state index in [4.69, 9.17) is 0 Å². The van der Waals surface area contributed by atoms with Crippen molar-refractivity contribution >= 4 is 0 Å². The van der Waals surface area contributed by atoms with E-state index in [1.54, 1.807) is 6.92 Å². The molecule has 1 aliphatic rings. The van der Waals surface area contributed by atoms with Crippen molar-refractivity contribution in [1.82, 2.24) is 10.2 Å². The van der Waals surface area contributed by atoms with Crippen LogP contribution in [0.3, 0.4) is 0 Å². The molecule has 1 atom stereocenters. The Kier molecular flexibility index (Phi) is 4.13. The number of nitrogens with zero attached hydrogens (tertiary/aromatic N) is 2. The molecule has 1 N–H and O–H groups in total. The van der Waals surface area contributed by atoms with Gasteiger partial charge in [0.2, 0.25) is 0 Å². The molecule has 0 radical (unpaired) electrons. The first kappa shape index (κ1) is 13.9. The fourth-order valence-electron chi connectivity index (χ4n) is 2.42. The molecule has 0 aromatic heterocycles. The normalized spacial score (nSPS) is 19.7. The van der Waals surface area contributed by atoms with Crippen molar-refractivity contribution in [1.29, 1.82) is 5.26 Å². The van der Waals surface area contributed by atoms with Gasteiger partial charge in [-0.2, -0.15) is 5.26 Å². The van der Waals surface area contributed by atoms with Crippen LogP contribution < -0.4 is 5.32 Å². The number of nitriles is 1. The summed E-state index contributed by atoms with van der Waals surface area (Å²) in [5, 5.41) is 12.7. The summed E-state index contributed by atoms with van der Waals surface area (Å²) in [6.07, 6.45) is 0.260. The molecule has 2 rings (SSSR count). The average Bonchev–Trinajstić information content (AvgIpc) is 2.43. The van der Waals surface area contributed by atoms with Gasteiger partial charge < -0.3 is 5.32 Å². The Hall–Kier alpha value is -1.51. The van der Waals surface area contributed by atoms with E-state index in [1.807, 2.05) is 4.90 Å². The maximum atomic E-state index is 13.7. The molecule has 0 amide bonds. The van der Waals surface area contributed by atoms with Crippen LogP contribution in [0.2, 0.25) is 0 Å². The summed E-state index contributed by atoms with van der Waals surface area (Å²) in [6.45, 7) is 4.97. The fourth-order valence-corrected chi connectivity index (χ4v) is 2.42. The van der Waals surface area contributed by atoms with Crippen molar-refractivity contribution in [3.63, 3.8) is 0 Å². The van der Waals surface area contributed by atoms with E-state index < -0.39 is 17.2 Å². The van der Waals surface area contributed by atoms with Crippen molar-refractivity contribution in [2.75, 3.05) is 26.2 Å². The third kappa shape index (κ3) is 3.09. The largest absolute Gasteiger partial charge is 0.314 e. The molecule has 1 fully saturated rings. The molecular formula is C14H17F2N3. The van der Waals surface area contributed by atoms with E-state index in [0.29, 0.717) is 5.56 Å². The summed E-state index contributed by atoms with van der Waals surface area (Å²) in [5.41, 5.74) is -0.384. The maximum Gasteiger partial charge on any atom is 0.129 e. The zero-order chi connectivity index (χ0) is 13.9. The molecule has 1 saturated heterocycles. The zero-order valence-corrected chi connectivity index (χ0v) is 10.9. The van der Waals surface area contributed by atoms with Gasteiger partial charge in [-0.1, -0.05) is 6.07 Å². The number of rotatable bonds is 3. The van der Waals surface area contributed by atoms with Crippen LogP contribution in [0.25, 0.3) is 0 Å². The highest BCUT2D eigenvalue weighted by molar-refractivity contribution is 5.24. The lowest BCUT2D eigenvalue weighted by Gasteiger charge is -2.39. The minimum absolute atomic E-state index is 0.260. The van der Waals surface area contributed by atoms with E-state index in [9.17, 15) is 14.0 Å². The van der Waals surface area contributed by atoms with Gasteiger partial charge in [0.25, 0.3) is 0 Å². The molecule has 0 spiro atoms. The van der Waals surface area contributed by atoms with Gasteiger partial charge in [0.15, 0.2) is 0 Å². The second kappa shape index (κ2) is 5.64. The van der Waals surface area contributed by atoms with E-state index in [1.165, 1.54) is 12.1 Å². The number of nitrogens with one attached hydrogen (secondary N) is 1. The van der Waals surface area contributed by atoms with Crippen molar-refractivity contribution < 1.29 is 8.78 Å². The molecule has 1 aliphatic heterocycles. The number of piperazine rings is 1. The lowest BCUT2D eigenvalue weighted by atomic mass is 9.91. The zero-order valence-electron chi connectivity index (χ0n) is 10.9. The third-order valence-corrected chi connectivity index (χ3v) is 3.61. The van der Waals surface area contributed by atoms with Crippen LogP contribution in [-0.4, -0.2) is 36.6 Å². The van der Waals surface area contributed by atoms with Crippen LogP contribution in [0.4, 0.5) is 8.78 Å². The van der Waals surface area contributed by atoms with Gasteiger partial charge in [0.1, 0.15) is 17.2 Å². The van der Waals surface area contributed by atoms with Crippen molar-refractivity contribution in [2.24, 2.45) is 0 Å². The van der Waals surface area contributed by atoms with Crippen LogP contribution in [0.1, 0.15) is 12.5 Å². The van der Waals surface area contributed by atoms with Crippen molar-refractivity contribution in [3.8, 4) is 6.07 Å². The van der Waals surface area contributed by atoms with E-state index in [2.05, 4.69) is 11.4 Å². The Morgan fingerprint density at radius 2 is 2.05 bits per heavy atom. The van der Waals surface area contributed by atoms with Crippen LogP contribution in [0, 0.1) is 23.0 Å². The molecule has 1 aromatic carbocycles. The predicted octanol–water partition coefficient (Wildman–Crippen LogP) is 1.69. The number of hydrogen-bond donors (Lipinski definition) is 1. The molecule has 0 aliphatic carbocycles. The first-order valence-electron chi connectivity index (χ1n) is 6.36. The predicted molar refractivity (Wildman–Crippen MR) is 68.5 cm³/mol. The molecule has 102 valence electrons. The maximum absolute atomic E-state index is 13.7. The Balaban J connectivity index is 2.20. The van der Waals surface area contributed by atoms with Gasteiger partial charge in [-0.05, 0) is 18.6 Å². The summed E-state index contributed by atoms with van der Waals surface area (Å²) in [5.74, 6) is -1.18. The minimum Gasteiger partial charge on any atom is -0.314 e. The van der Waals surface area contributed by atoms with Gasteiger partial charge in [-0.3, -0.25) is 4.90 Å². The lowest BCUT2D eigenvalue weighted by Crippen LogP contribution is -2.55. The molecule has 1 unspecified atom stereocenters. The molecule has 5 heteroatoms. The smallest absolute Gasteiger partial charge is 0.129 e. The Morgan fingerprint density at radius 1 is 1.37 bits per heavy atom. The highest BCUT2D eigenvalue weighted by atomic mass is 19.1. The highest BCUT2D eigenvalue weighted by Crippen LogP contribution is 2.23. The van der Waals surface area contributed by atoms with Crippen LogP contribution in [0.5, 0.6) is 0 Å². The van der Waals surface area contributed by atoms with Gasteiger partial charge in [-0.15, -0.1) is 0 Å². The van der Waals surface area contributed by atoms with Gasteiger partial charge in [0.05, 0.1) is 6.07 Å². The highest BCUT2D eigenvalue weighted by Gasteiger charge is 2.33. The van der Waals surface area contributed by atoms with Crippen molar-refractivity contribution in [2.45, 2.75) is 18.9 Å². The fraction of sp³-hybridized carbons (Fsp3) is 0.500. The SMILES string of the molecule is CC(C#N)(Cc1ccc(F)cc1F)N1CCNCC1. The molecule has 1 aromatic rings. The number of halogens is 2. The van der Waals surface area contributed by atoms with Gasteiger partial charge in [-0.25, -0.2) is 8.78 Å². The van der Waals surface area contributed by atoms with Crippen molar-refractivity contribution in [3.05, 3.63) is 35.4 Å². The molecule has 19 heavy (non-hydrogen) atoms. The molecule has 1 heterocycles. The Morgan fingerprint density at radius 3 is 2.63 bits per heavy atom. The van der Waals surface area contributed by atoms with Crippen LogP contribution in [0.15, 0.2) is 18.2 Å². The molecular weight excluding hydrogens is 248 g/mol. The number of hydrogen-bond acceptors (Lipinski definition) is 3. The quantitative estimate of drug-likeness (QED) is 0.904. The van der Waals surface area contributed by atoms with Gasteiger partial charge >= 0.3 is 0 Å². The second-order valence-corrected chi connectivity index (χ2v) is 5.04. The monoisotopic (exact) mass is 265 g/mol. The van der Waals surface area contributed by atoms with E-state index in [-0.39, 0.29) is 6.42 Å². The molecule has 3 nitrogen and oxygen atoms in total. The summed E-state index contributed by atoms with van der Waals surface area (Å²) in [6, 6.07) is 5.79. The third-order valence-electron chi connectivity index (χ3n) is 3.61. The van der Waals surface area contributed by atoms with Crippen LogP contribution in [-0.2, 0) is 6.42 Å². The summed E-state index contributed by atoms with van der Waals surface area (Å²) >= 11 is 0. The minimum atomic E-state index is -0.763. The van der Waals surface area contributed by atoms with E-state index in [0.717, 1.165) is 32.2 Å². The lowest BCUT2D eigenvalue weighted by molar-refractivity contribution is 0.132.